The zero-order chi connectivity index (χ0) is 20.3. The minimum absolute atomic E-state index is 0.343. The number of benzene rings is 1. The molecular formula is C20H23N3O4S. The smallest absolute Gasteiger partial charge is 0.407 e. The molecule has 0 aliphatic carbocycles. The molecule has 0 spiro atoms. The fourth-order valence-electron chi connectivity index (χ4n) is 2.82. The van der Waals surface area contributed by atoms with Crippen LogP contribution in [-0.2, 0) is 9.47 Å². The number of amides is 1. The van der Waals surface area contributed by atoms with E-state index in [-0.39, 0.29) is 0 Å². The van der Waals surface area contributed by atoms with E-state index in [0.29, 0.717) is 23.7 Å². The molecule has 1 aromatic carbocycles. The van der Waals surface area contributed by atoms with Crippen LogP contribution in [0.25, 0.3) is 21.0 Å². The zero-order valence-corrected chi connectivity index (χ0v) is 17.1. The van der Waals surface area contributed by atoms with Crippen molar-refractivity contribution in [1.82, 2.24) is 10.3 Å². The average molecular weight is 401 g/mol. The van der Waals surface area contributed by atoms with Crippen molar-refractivity contribution in [2.45, 2.75) is 26.4 Å². The Hall–Kier alpha value is -2.87. The van der Waals surface area contributed by atoms with Gasteiger partial charge < -0.3 is 20.1 Å². The van der Waals surface area contributed by atoms with Crippen LogP contribution >= 0.6 is 11.3 Å². The van der Waals surface area contributed by atoms with Crippen LogP contribution in [0.1, 0.15) is 30.4 Å². The number of carbonyl (C=O) groups is 2. The molecule has 7 nitrogen and oxygen atoms in total. The summed E-state index contributed by atoms with van der Waals surface area (Å²) in [5, 5.41) is 7.85. The van der Waals surface area contributed by atoms with Gasteiger partial charge in [-0.3, -0.25) is 4.98 Å². The fourth-order valence-corrected chi connectivity index (χ4v) is 3.93. The lowest BCUT2D eigenvalue weighted by Gasteiger charge is -2.19. The second-order valence-corrected chi connectivity index (χ2v) is 8.21. The van der Waals surface area contributed by atoms with Gasteiger partial charge in [0.1, 0.15) is 10.5 Å². The third-order valence-electron chi connectivity index (χ3n) is 3.90. The molecule has 148 valence electrons. The molecule has 3 rings (SSSR count). The second kappa shape index (κ2) is 8.02. The number of pyridine rings is 1. The van der Waals surface area contributed by atoms with Crippen LogP contribution in [0.4, 0.5) is 10.5 Å². The van der Waals surface area contributed by atoms with Crippen LogP contribution in [-0.4, -0.2) is 42.8 Å². The minimum Gasteiger partial charge on any atom is -0.465 e. The first-order chi connectivity index (χ1) is 13.3. The standard InChI is InChI=1S/C20H23N3O4S/c1-20(2,3)27-19(25)23-11-10-22-16-15-12-6-5-9-21-13(12)7-8-14(15)28-17(16)18(24)26-4/h5-9,22H,10-11H2,1-4H3,(H,23,25). The minimum atomic E-state index is -0.551. The van der Waals surface area contributed by atoms with Gasteiger partial charge in [-0.2, -0.15) is 0 Å². The highest BCUT2D eigenvalue weighted by Gasteiger charge is 2.21. The Kier molecular flexibility index (Phi) is 5.69. The van der Waals surface area contributed by atoms with Crippen LogP contribution in [0.2, 0.25) is 0 Å². The normalized spacial score (nSPS) is 11.4. The van der Waals surface area contributed by atoms with E-state index < -0.39 is 17.7 Å². The van der Waals surface area contributed by atoms with E-state index >= 15 is 0 Å². The Morgan fingerprint density at radius 2 is 1.96 bits per heavy atom. The predicted molar refractivity (Wildman–Crippen MR) is 111 cm³/mol. The summed E-state index contributed by atoms with van der Waals surface area (Å²) in [6, 6.07) is 7.72. The monoisotopic (exact) mass is 401 g/mol. The number of nitrogens with one attached hydrogen (secondary N) is 2. The number of aromatic nitrogens is 1. The average Bonchev–Trinajstić information content (AvgIpc) is 3.02. The number of ether oxygens (including phenoxy) is 2. The molecular weight excluding hydrogens is 378 g/mol. The van der Waals surface area contributed by atoms with Crippen molar-refractivity contribution >= 4 is 50.1 Å². The highest BCUT2D eigenvalue weighted by Crippen LogP contribution is 2.40. The molecule has 0 saturated heterocycles. The number of anilines is 1. The van der Waals surface area contributed by atoms with Crippen molar-refractivity contribution in [3.63, 3.8) is 0 Å². The SMILES string of the molecule is COC(=O)c1sc2ccc3ncccc3c2c1NCCNC(=O)OC(C)(C)C. The van der Waals surface area contributed by atoms with E-state index in [2.05, 4.69) is 15.6 Å². The molecule has 0 radical (unpaired) electrons. The first-order valence-corrected chi connectivity index (χ1v) is 9.71. The maximum atomic E-state index is 12.3. The van der Waals surface area contributed by atoms with E-state index in [1.807, 2.05) is 45.0 Å². The van der Waals surface area contributed by atoms with Gasteiger partial charge in [-0.15, -0.1) is 11.3 Å². The van der Waals surface area contributed by atoms with Crippen molar-refractivity contribution in [3.05, 3.63) is 35.3 Å². The molecule has 0 bridgehead atoms. The largest absolute Gasteiger partial charge is 0.465 e. The number of carbonyl (C=O) groups excluding carboxylic acids is 2. The topological polar surface area (TPSA) is 89.5 Å². The Morgan fingerprint density at radius 3 is 2.68 bits per heavy atom. The molecule has 0 fully saturated rings. The van der Waals surface area contributed by atoms with Gasteiger partial charge in [-0.25, -0.2) is 9.59 Å². The summed E-state index contributed by atoms with van der Waals surface area (Å²) in [4.78, 5) is 28.9. The molecule has 0 saturated carbocycles. The van der Waals surface area contributed by atoms with E-state index in [9.17, 15) is 9.59 Å². The molecule has 2 heterocycles. The number of nitrogens with zero attached hydrogens (tertiary/aromatic N) is 1. The van der Waals surface area contributed by atoms with E-state index in [0.717, 1.165) is 21.0 Å². The van der Waals surface area contributed by atoms with Crippen molar-refractivity contribution in [1.29, 1.82) is 0 Å². The van der Waals surface area contributed by atoms with Crippen molar-refractivity contribution in [2.24, 2.45) is 0 Å². The van der Waals surface area contributed by atoms with Gasteiger partial charge >= 0.3 is 12.1 Å². The number of rotatable bonds is 5. The third-order valence-corrected chi connectivity index (χ3v) is 5.04. The molecule has 3 aromatic rings. The molecule has 28 heavy (non-hydrogen) atoms. The Balaban J connectivity index is 1.85. The van der Waals surface area contributed by atoms with Gasteiger partial charge in [0.15, 0.2) is 0 Å². The van der Waals surface area contributed by atoms with Crippen LogP contribution < -0.4 is 10.6 Å². The lowest BCUT2D eigenvalue weighted by Crippen LogP contribution is -2.35. The van der Waals surface area contributed by atoms with Crippen LogP contribution in [0, 0.1) is 0 Å². The number of fused-ring (bicyclic) bond motifs is 3. The lowest BCUT2D eigenvalue weighted by atomic mass is 10.1. The first kappa shape index (κ1) is 19.9. The highest BCUT2D eigenvalue weighted by atomic mass is 32.1. The number of methoxy groups -OCH3 is 1. The summed E-state index contributed by atoms with van der Waals surface area (Å²) < 4.78 is 11.1. The summed E-state index contributed by atoms with van der Waals surface area (Å²) in [7, 11) is 1.36. The maximum absolute atomic E-state index is 12.3. The van der Waals surface area contributed by atoms with Gasteiger partial charge in [0, 0.05) is 34.8 Å². The molecule has 8 heteroatoms. The second-order valence-electron chi connectivity index (χ2n) is 7.16. The third kappa shape index (κ3) is 4.33. The summed E-state index contributed by atoms with van der Waals surface area (Å²) in [5.41, 5.74) is 0.987. The lowest BCUT2D eigenvalue weighted by molar-refractivity contribution is 0.0528. The van der Waals surface area contributed by atoms with Gasteiger partial charge in [-0.1, -0.05) is 6.07 Å². The number of hydrogen-bond acceptors (Lipinski definition) is 7. The number of hydrogen-bond donors (Lipinski definition) is 2. The van der Waals surface area contributed by atoms with E-state index in [1.54, 1.807) is 6.20 Å². The van der Waals surface area contributed by atoms with Crippen LogP contribution in [0.5, 0.6) is 0 Å². The van der Waals surface area contributed by atoms with Crippen LogP contribution in [0.15, 0.2) is 30.5 Å². The molecule has 0 atom stereocenters. The number of esters is 1. The number of thiophene rings is 1. The van der Waals surface area contributed by atoms with Gasteiger partial charge in [0.05, 0.1) is 18.3 Å². The highest BCUT2D eigenvalue weighted by molar-refractivity contribution is 7.21. The van der Waals surface area contributed by atoms with Crippen molar-refractivity contribution < 1.29 is 19.1 Å². The molecule has 2 N–H and O–H groups in total. The summed E-state index contributed by atoms with van der Waals surface area (Å²) in [6.07, 6.45) is 1.26. The van der Waals surface area contributed by atoms with Crippen LogP contribution in [0.3, 0.4) is 0 Å². The number of alkyl carbamates (subject to hydrolysis) is 1. The molecule has 1 amide bonds. The molecule has 0 unspecified atom stereocenters. The van der Waals surface area contributed by atoms with E-state index in [1.165, 1.54) is 18.4 Å². The molecule has 2 aromatic heterocycles. The Morgan fingerprint density at radius 1 is 1.18 bits per heavy atom. The molecule has 0 aliphatic rings. The predicted octanol–water partition coefficient (Wildman–Crippen LogP) is 4.17. The zero-order valence-electron chi connectivity index (χ0n) is 16.3. The van der Waals surface area contributed by atoms with Crippen molar-refractivity contribution in [2.75, 3.05) is 25.5 Å². The Labute approximate surface area is 167 Å². The molecule has 0 aliphatic heterocycles. The summed E-state index contributed by atoms with van der Waals surface area (Å²) in [5.74, 6) is -0.402. The maximum Gasteiger partial charge on any atom is 0.407 e. The van der Waals surface area contributed by atoms with E-state index in [4.69, 9.17) is 9.47 Å². The van der Waals surface area contributed by atoms with Crippen molar-refractivity contribution in [3.8, 4) is 0 Å². The van der Waals surface area contributed by atoms with Gasteiger partial charge in [-0.05, 0) is 39.0 Å². The van der Waals surface area contributed by atoms with Gasteiger partial charge in [0.2, 0.25) is 0 Å². The Bertz CT molecular complexity index is 1020. The summed E-state index contributed by atoms with van der Waals surface area (Å²) >= 11 is 1.37. The summed E-state index contributed by atoms with van der Waals surface area (Å²) in [6.45, 7) is 6.19. The van der Waals surface area contributed by atoms with Gasteiger partial charge in [0.25, 0.3) is 0 Å². The quantitative estimate of drug-likeness (QED) is 0.493. The fraction of sp³-hybridized carbons (Fsp3) is 0.350. The first-order valence-electron chi connectivity index (χ1n) is 8.89.